The lowest BCUT2D eigenvalue weighted by atomic mass is 9.98. The summed E-state index contributed by atoms with van der Waals surface area (Å²) in [7, 11) is 0. The van der Waals surface area contributed by atoms with Crippen LogP contribution >= 0.6 is 0 Å². The van der Waals surface area contributed by atoms with Gasteiger partial charge >= 0.3 is 0 Å². The first-order chi connectivity index (χ1) is 13.6. The lowest BCUT2D eigenvalue weighted by Gasteiger charge is -2.27. The molecule has 1 aliphatic rings. The fourth-order valence-corrected chi connectivity index (χ4v) is 3.02. The van der Waals surface area contributed by atoms with Crippen LogP contribution in [-0.2, 0) is 25.7 Å². The number of nitrogens with zero attached hydrogens (tertiary/aromatic N) is 1. The van der Waals surface area contributed by atoms with E-state index in [9.17, 15) is 9.59 Å². The van der Waals surface area contributed by atoms with E-state index in [0.717, 1.165) is 44.8 Å². The van der Waals surface area contributed by atoms with Crippen molar-refractivity contribution in [2.45, 2.75) is 32.9 Å². The van der Waals surface area contributed by atoms with Crippen molar-refractivity contribution in [1.29, 1.82) is 0 Å². The summed E-state index contributed by atoms with van der Waals surface area (Å²) in [6.45, 7) is 8.89. The Hall–Kier alpha value is -1.96. The molecule has 0 radical (unpaired) electrons. The van der Waals surface area contributed by atoms with Gasteiger partial charge in [0, 0.05) is 26.2 Å². The second-order valence-electron chi connectivity index (χ2n) is 7.15. The third-order valence-electron chi connectivity index (χ3n) is 4.99. The van der Waals surface area contributed by atoms with E-state index in [1.54, 1.807) is 0 Å². The van der Waals surface area contributed by atoms with Gasteiger partial charge in [0.1, 0.15) is 12.6 Å². The molecule has 7 nitrogen and oxygen atoms in total. The maximum atomic E-state index is 12.6. The van der Waals surface area contributed by atoms with Crippen LogP contribution in [0.4, 0.5) is 0 Å². The molecule has 2 atom stereocenters. The minimum Gasteiger partial charge on any atom is -0.379 e. The van der Waals surface area contributed by atoms with E-state index in [1.807, 2.05) is 44.2 Å². The standard InChI is InChI=1S/C21H33N3O4/c1-3-17(2)20(21(26)22-9-10-24-11-13-27-14-12-24)23-19(25)16-28-15-18-7-5-4-6-8-18/h4-8,17,20H,3,9-16H2,1-2H3,(H,22,26)(H,23,25). The molecule has 1 heterocycles. The average Bonchev–Trinajstić information content (AvgIpc) is 2.73. The van der Waals surface area contributed by atoms with Gasteiger partial charge in [-0.3, -0.25) is 14.5 Å². The molecule has 156 valence electrons. The van der Waals surface area contributed by atoms with Gasteiger partial charge in [0.15, 0.2) is 0 Å². The number of nitrogens with one attached hydrogen (secondary N) is 2. The van der Waals surface area contributed by atoms with E-state index < -0.39 is 6.04 Å². The molecular weight excluding hydrogens is 358 g/mol. The van der Waals surface area contributed by atoms with E-state index in [4.69, 9.17) is 9.47 Å². The summed E-state index contributed by atoms with van der Waals surface area (Å²) >= 11 is 0. The number of morpholine rings is 1. The van der Waals surface area contributed by atoms with Gasteiger partial charge in [0.25, 0.3) is 0 Å². The van der Waals surface area contributed by atoms with Crippen LogP contribution < -0.4 is 10.6 Å². The molecule has 1 aromatic rings. The van der Waals surface area contributed by atoms with Crippen LogP contribution in [0.3, 0.4) is 0 Å². The monoisotopic (exact) mass is 391 g/mol. The summed E-state index contributed by atoms with van der Waals surface area (Å²) in [5.74, 6) is -0.370. The molecule has 0 spiro atoms. The lowest BCUT2D eigenvalue weighted by Crippen LogP contribution is -2.52. The Kier molecular flexibility index (Phi) is 9.96. The smallest absolute Gasteiger partial charge is 0.246 e. The van der Waals surface area contributed by atoms with Crippen LogP contribution in [0.1, 0.15) is 25.8 Å². The maximum absolute atomic E-state index is 12.6. The van der Waals surface area contributed by atoms with Crippen molar-refractivity contribution < 1.29 is 19.1 Å². The van der Waals surface area contributed by atoms with Gasteiger partial charge in [-0.15, -0.1) is 0 Å². The van der Waals surface area contributed by atoms with Crippen LogP contribution in [-0.4, -0.2) is 68.8 Å². The maximum Gasteiger partial charge on any atom is 0.246 e. The summed E-state index contributed by atoms with van der Waals surface area (Å²) in [6, 6.07) is 9.13. The van der Waals surface area contributed by atoms with Crippen LogP contribution in [0.2, 0.25) is 0 Å². The minimum atomic E-state index is -0.553. The van der Waals surface area contributed by atoms with Crippen molar-refractivity contribution in [2.24, 2.45) is 5.92 Å². The highest BCUT2D eigenvalue weighted by Crippen LogP contribution is 2.08. The van der Waals surface area contributed by atoms with Gasteiger partial charge < -0.3 is 20.1 Å². The van der Waals surface area contributed by atoms with Gasteiger partial charge in [-0.1, -0.05) is 50.6 Å². The summed E-state index contributed by atoms with van der Waals surface area (Å²) in [4.78, 5) is 27.1. The molecule has 0 aliphatic carbocycles. The van der Waals surface area contributed by atoms with E-state index in [-0.39, 0.29) is 24.3 Å². The number of hydrogen-bond acceptors (Lipinski definition) is 5. The van der Waals surface area contributed by atoms with E-state index >= 15 is 0 Å². The van der Waals surface area contributed by atoms with Gasteiger partial charge in [-0.2, -0.15) is 0 Å². The Morgan fingerprint density at radius 3 is 2.61 bits per heavy atom. The fraction of sp³-hybridized carbons (Fsp3) is 0.619. The quantitative estimate of drug-likeness (QED) is 0.592. The molecule has 1 fully saturated rings. The number of carbonyl (C=O) groups excluding carboxylic acids is 2. The first-order valence-corrected chi connectivity index (χ1v) is 10.1. The second-order valence-corrected chi connectivity index (χ2v) is 7.15. The molecule has 2 amide bonds. The van der Waals surface area contributed by atoms with E-state index in [1.165, 1.54) is 0 Å². The predicted octanol–water partition coefficient (Wildman–Crippen LogP) is 1.18. The summed E-state index contributed by atoms with van der Waals surface area (Å²) in [5, 5.41) is 5.79. The van der Waals surface area contributed by atoms with Gasteiger partial charge in [-0.25, -0.2) is 0 Å². The largest absolute Gasteiger partial charge is 0.379 e. The molecule has 2 unspecified atom stereocenters. The highest BCUT2D eigenvalue weighted by molar-refractivity contribution is 5.88. The molecule has 1 aromatic carbocycles. The lowest BCUT2D eigenvalue weighted by molar-refractivity contribution is -0.133. The van der Waals surface area contributed by atoms with Crippen LogP contribution in [0.15, 0.2) is 30.3 Å². The first kappa shape index (κ1) is 22.3. The van der Waals surface area contributed by atoms with E-state index in [0.29, 0.717) is 13.2 Å². The number of amides is 2. The Morgan fingerprint density at radius 1 is 1.21 bits per heavy atom. The number of hydrogen-bond donors (Lipinski definition) is 2. The third-order valence-corrected chi connectivity index (χ3v) is 4.99. The number of rotatable bonds is 11. The fourth-order valence-electron chi connectivity index (χ4n) is 3.02. The molecule has 0 bridgehead atoms. The zero-order valence-electron chi connectivity index (χ0n) is 17.0. The van der Waals surface area contributed by atoms with Crippen LogP contribution in [0, 0.1) is 5.92 Å². The van der Waals surface area contributed by atoms with Crippen molar-refractivity contribution in [3.05, 3.63) is 35.9 Å². The SMILES string of the molecule is CCC(C)C(NC(=O)COCc1ccccc1)C(=O)NCCN1CCOCC1. The third kappa shape index (κ3) is 7.96. The second kappa shape index (κ2) is 12.5. The Labute approximate surface area is 167 Å². The van der Waals surface area contributed by atoms with Crippen molar-refractivity contribution in [3.8, 4) is 0 Å². The molecule has 0 aromatic heterocycles. The van der Waals surface area contributed by atoms with E-state index in [2.05, 4.69) is 15.5 Å². The van der Waals surface area contributed by atoms with Gasteiger partial charge in [-0.05, 0) is 11.5 Å². The molecule has 28 heavy (non-hydrogen) atoms. The minimum absolute atomic E-state index is 0.0430. The molecule has 1 aliphatic heterocycles. The molecular formula is C21H33N3O4. The Balaban J connectivity index is 1.74. The molecule has 2 rings (SSSR count). The molecule has 2 N–H and O–H groups in total. The summed E-state index contributed by atoms with van der Waals surface area (Å²) in [5.41, 5.74) is 1.01. The van der Waals surface area contributed by atoms with Crippen molar-refractivity contribution in [2.75, 3.05) is 46.0 Å². The predicted molar refractivity (Wildman–Crippen MR) is 108 cm³/mol. The molecule has 0 saturated carbocycles. The van der Waals surface area contributed by atoms with Gasteiger partial charge in [0.05, 0.1) is 19.8 Å². The van der Waals surface area contributed by atoms with Crippen molar-refractivity contribution in [1.82, 2.24) is 15.5 Å². The highest BCUT2D eigenvalue weighted by Gasteiger charge is 2.25. The zero-order chi connectivity index (χ0) is 20.2. The molecule has 7 heteroatoms. The van der Waals surface area contributed by atoms with Crippen LogP contribution in [0.5, 0.6) is 0 Å². The average molecular weight is 392 g/mol. The number of benzene rings is 1. The number of ether oxygens (including phenoxy) is 2. The van der Waals surface area contributed by atoms with Crippen molar-refractivity contribution >= 4 is 11.8 Å². The number of carbonyl (C=O) groups is 2. The zero-order valence-corrected chi connectivity index (χ0v) is 17.0. The normalized spacial score (nSPS) is 16.9. The molecule has 1 saturated heterocycles. The van der Waals surface area contributed by atoms with Crippen LogP contribution in [0.25, 0.3) is 0 Å². The first-order valence-electron chi connectivity index (χ1n) is 10.1. The highest BCUT2D eigenvalue weighted by atomic mass is 16.5. The Bertz CT molecular complexity index is 591. The van der Waals surface area contributed by atoms with Crippen molar-refractivity contribution in [3.63, 3.8) is 0 Å². The Morgan fingerprint density at radius 2 is 1.93 bits per heavy atom. The summed E-state index contributed by atoms with van der Waals surface area (Å²) < 4.78 is 10.8. The summed E-state index contributed by atoms with van der Waals surface area (Å²) in [6.07, 6.45) is 0.798. The topological polar surface area (TPSA) is 79.9 Å². The van der Waals surface area contributed by atoms with Gasteiger partial charge in [0.2, 0.25) is 11.8 Å².